The SMILES string of the molecule is Clc1cc2c(c(-c3ccnc4[nH]ccc34)c1)O[C@@H](c1onc3c1CCNC3)C2. The second kappa shape index (κ2) is 6.09. The van der Waals surface area contributed by atoms with Gasteiger partial charge in [-0.3, -0.25) is 0 Å². The fourth-order valence-electron chi connectivity index (χ4n) is 4.30. The summed E-state index contributed by atoms with van der Waals surface area (Å²) in [6, 6.07) is 7.97. The van der Waals surface area contributed by atoms with E-state index in [1.807, 2.05) is 30.5 Å². The Morgan fingerprint density at radius 2 is 2.14 bits per heavy atom. The minimum absolute atomic E-state index is 0.176. The van der Waals surface area contributed by atoms with Crippen LogP contribution in [0.15, 0.2) is 41.2 Å². The molecule has 3 aromatic heterocycles. The molecule has 2 aliphatic rings. The van der Waals surface area contributed by atoms with Crippen molar-refractivity contribution in [1.29, 1.82) is 0 Å². The number of ether oxygens (including phenoxy) is 1. The quantitative estimate of drug-likeness (QED) is 0.535. The van der Waals surface area contributed by atoms with Crippen molar-refractivity contribution in [2.75, 3.05) is 6.54 Å². The molecule has 2 N–H and O–H groups in total. The minimum Gasteiger partial charge on any atom is -0.481 e. The first-order valence-electron chi connectivity index (χ1n) is 9.37. The number of nitrogens with zero attached hydrogens (tertiary/aromatic N) is 2. The third-order valence-electron chi connectivity index (χ3n) is 5.58. The van der Waals surface area contributed by atoms with Crippen molar-refractivity contribution in [1.82, 2.24) is 20.4 Å². The van der Waals surface area contributed by atoms with E-state index in [0.29, 0.717) is 5.02 Å². The van der Waals surface area contributed by atoms with E-state index in [1.54, 1.807) is 6.20 Å². The molecular formula is C21H17ClN4O2. The average molecular weight is 393 g/mol. The highest BCUT2D eigenvalue weighted by molar-refractivity contribution is 6.31. The maximum atomic E-state index is 6.47. The summed E-state index contributed by atoms with van der Waals surface area (Å²) in [5, 5.41) is 9.31. The van der Waals surface area contributed by atoms with Crippen molar-refractivity contribution < 1.29 is 9.26 Å². The lowest BCUT2D eigenvalue weighted by Gasteiger charge is -2.15. The lowest BCUT2D eigenvalue weighted by Crippen LogP contribution is -2.24. The third-order valence-corrected chi connectivity index (χ3v) is 5.80. The number of rotatable bonds is 2. The number of hydrogen-bond donors (Lipinski definition) is 2. The first-order chi connectivity index (χ1) is 13.8. The van der Waals surface area contributed by atoms with Gasteiger partial charge in [-0.15, -0.1) is 0 Å². The van der Waals surface area contributed by atoms with E-state index in [2.05, 4.69) is 20.4 Å². The van der Waals surface area contributed by atoms with E-state index >= 15 is 0 Å². The van der Waals surface area contributed by atoms with Gasteiger partial charge in [0.25, 0.3) is 0 Å². The van der Waals surface area contributed by atoms with Crippen molar-refractivity contribution in [2.45, 2.75) is 25.5 Å². The summed E-state index contributed by atoms with van der Waals surface area (Å²) in [5.41, 5.74) is 6.13. The Morgan fingerprint density at radius 1 is 1.18 bits per heavy atom. The van der Waals surface area contributed by atoms with Crippen LogP contribution in [-0.2, 0) is 19.4 Å². The molecule has 6 rings (SSSR count). The number of aromatic amines is 1. The van der Waals surface area contributed by atoms with E-state index in [9.17, 15) is 0 Å². The molecule has 1 atom stereocenters. The summed E-state index contributed by atoms with van der Waals surface area (Å²) >= 11 is 6.47. The Kier molecular flexibility index (Phi) is 3.51. The maximum absolute atomic E-state index is 6.47. The van der Waals surface area contributed by atoms with Crippen LogP contribution in [0.4, 0.5) is 0 Å². The Bertz CT molecular complexity index is 1210. The monoisotopic (exact) mass is 392 g/mol. The number of pyridine rings is 1. The molecule has 1 aromatic carbocycles. The molecule has 140 valence electrons. The number of H-pyrrole nitrogens is 1. The van der Waals surface area contributed by atoms with Gasteiger partial charge in [0.05, 0.1) is 0 Å². The Morgan fingerprint density at radius 3 is 3.11 bits per heavy atom. The van der Waals surface area contributed by atoms with Gasteiger partial charge in [0.2, 0.25) is 0 Å². The van der Waals surface area contributed by atoms with Crippen molar-refractivity contribution in [3.63, 3.8) is 0 Å². The van der Waals surface area contributed by atoms with E-state index in [4.69, 9.17) is 20.9 Å². The van der Waals surface area contributed by atoms with Crippen LogP contribution in [0, 0.1) is 0 Å². The fraction of sp³-hybridized carbons (Fsp3) is 0.238. The van der Waals surface area contributed by atoms with Gasteiger partial charge in [-0.1, -0.05) is 16.8 Å². The smallest absolute Gasteiger partial charge is 0.181 e. The summed E-state index contributed by atoms with van der Waals surface area (Å²) in [6.45, 7) is 1.68. The van der Waals surface area contributed by atoms with Crippen LogP contribution in [0.2, 0.25) is 5.02 Å². The van der Waals surface area contributed by atoms with E-state index in [0.717, 1.165) is 70.9 Å². The van der Waals surface area contributed by atoms with Crippen LogP contribution >= 0.6 is 11.6 Å². The molecule has 2 aliphatic heterocycles. The standard InChI is InChI=1S/C21H17ClN4O2/c22-12-7-11-8-18(20-15-1-4-23-10-17(15)26-28-20)27-19(11)16(9-12)13-2-5-24-21-14(13)3-6-25-21/h2-3,5-7,9,18,23H,1,4,8,10H2,(H,24,25)/t18-/m1/s1. The van der Waals surface area contributed by atoms with Gasteiger partial charge in [-0.2, -0.15) is 0 Å². The highest BCUT2D eigenvalue weighted by atomic mass is 35.5. The largest absolute Gasteiger partial charge is 0.481 e. The van der Waals surface area contributed by atoms with Gasteiger partial charge in [0.1, 0.15) is 17.1 Å². The Hall–Kier alpha value is -2.83. The second-order valence-electron chi connectivity index (χ2n) is 7.25. The zero-order valence-electron chi connectivity index (χ0n) is 15.0. The minimum atomic E-state index is -0.176. The molecule has 4 aromatic rings. The number of fused-ring (bicyclic) bond motifs is 3. The molecule has 28 heavy (non-hydrogen) atoms. The Labute approximate surface area is 165 Å². The van der Waals surface area contributed by atoms with Gasteiger partial charge in [-0.25, -0.2) is 4.98 Å². The van der Waals surface area contributed by atoms with Crippen LogP contribution < -0.4 is 10.1 Å². The van der Waals surface area contributed by atoms with Crippen molar-refractivity contribution in [2.24, 2.45) is 0 Å². The van der Waals surface area contributed by atoms with Gasteiger partial charge < -0.3 is 19.6 Å². The van der Waals surface area contributed by atoms with Crippen molar-refractivity contribution in [3.8, 4) is 16.9 Å². The number of aromatic nitrogens is 3. The summed E-state index contributed by atoms with van der Waals surface area (Å²) in [6.07, 6.45) is 5.15. The van der Waals surface area contributed by atoms with Crippen molar-refractivity contribution in [3.05, 3.63) is 64.3 Å². The van der Waals surface area contributed by atoms with Gasteiger partial charge in [0.15, 0.2) is 11.9 Å². The molecule has 0 saturated heterocycles. The molecule has 0 fully saturated rings. The van der Waals surface area contributed by atoms with E-state index < -0.39 is 0 Å². The van der Waals surface area contributed by atoms with Gasteiger partial charge >= 0.3 is 0 Å². The zero-order chi connectivity index (χ0) is 18.7. The molecule has 0 bridgehead atoms. The summed E-state index contributed by atoms with van der Waals surface area (Å²) in [4.78, 5) is 7.55. The number of hydrogen-bond acceptors (Lipinski definition) is 5. The number of nitrogens with one attached hydrogen (secondary N) is 2. The molecule has 0 aliphatic carbocycles. The van der Waals surface area contributed by atoms with Crippen LogP contribution in [0.5, 0.6) is 5.75 Å². The van der Waals surface area contributed by atoms with Crippen LogP contribution in [0.25, 0.3) is 22.2 Å². The normalized spacial score (nSPS) is 18.1. The maximum Gasteiger partial charge on any atom is 0.181 e. The first-order valence-corrected chi connectivity index (χ1v) is 9.75. The van der Waals surface area contributed by atoms with Gasteiger partial charge in [0, 0.05) is 52.5 Å². The van der Waals surface area contributed by atoms with Crippen LogP contribution in [0.1, 0.15) is 28.7 Å². The topological polar surface area (TPSA) is 76.0 Å². The van der Waals surface area contributed by atoms with E-state index in [1.165, 1.54) is 5.56 Å². The highest BCUT2D eigenvalue weighted by Crippen LogP contribution is 2.47. The summed E-state index contributed by atoms with van der Waals surface area (Å²) in [7, 11) is 0. The first kappa shape index (κ1) is 16.2. The molecule has 0 saturated carbocycles. The molecule has 5 heterocycles. The molecule has 7 heteroatoms. The lowest BCUT2D eigenvalue weighted by atomic mass is 9.98. The molecular weight excluding hydrogens is 376 g/mol. The summed E-state index contributed by atoms with van der Waals surface area (Å²) in [5.74, 6) is 1.71. The number of halogens is 1. The van der Waals surface area contributed by atoms with E-state index in [-0.39, 0.29) is 6.10 Å². The molecule has 0 spiro atoms. The van der Waals surface area contributed by atoms with Crippen LogP contribution in [0.3, 0.4) is 0 Å². The molecule has 6 nitrogen and oxygen atoms in total. The third kappa shape index (κ3) is 2.38. The zero-order valence-corrected chi connectivity index (χ0v) is 15.7. The summed E-state index contributed by atoms with van der Waals surface area (Å²) < 4.78 is 12.1. The fourth-order valence-corrected chi connectivity index (χ4v) is 4.54. The van der Waals surface area contributed by atoms with Crippen molar-refractivity contribution >= 4 is 22.6 Å². The molecule has 0 unspecified atom stereocenters. The molecule has 0 amide bonds. The molecule has 0 radical (unpaired) electrons. The van der Waals surface area contributed by atoms with Gasteiger partial charge in [-0.05, 0) is 42.8 Å². The average Bonchev–Trinajstić information content (AvgIpc) is 3.43. The lowest BCUT2D eigenvalue weighted by molar-refractivity contribution is 0.189. The predicted octanol–water partition coefficient (Wildman–Crippen LogP) is 4.19. The predicted molar refractivity (Wildman–Crippen MR) is 106 cm³/mol. The Balaban J connectivity index is 1.46. The van der Waals surface area contributed by atoms with Crippen LogP contribution in [-0.4, -0.2) is 21.7 Å². The second-order valence-corrected chi connectivity index (χ2v) is 7.69. The number of benzene rings is 1. The highest BCUT2D eigenvalue weighted by Gasteiger charge is 2.34.